The summed E-state index contributed by atoms with van der Waals surface area (Å²) in [5.74, 6) is -1.86. The first kappa shape index (κ1) is 34.7. The summed E-state index contributed by atoms with van der Waals surface area (Å²) >= 11 is 0. The molecular formula is C32H60O4. The summed E-state index contributed by atoms with van der Waals surface area (Å²) in [5, 5.41) is 9.31. The van der Waals surface area contributed by atoms with Gasteiger partial charge in [0.25, 0.3) is 0 Å². The predicted octanol–water partition coefficient (Wildman–Crippen LogP) is 10.2. The fourth-order valence-electron chi connectivity index (χ4n) is 4.66. The molecule has 0 amide bonds. The minimum absolute atomic E-state index is 0.00380. The molecule has 0 aliphatic rings. The van der Waals surface area contributed by atoms with Crippen molar-refractivity contribution in [2.24, 2.45) is 5.92 Å². The highest BCUT2D eigenvalue weighted by molar-refractivity contribution is 5.78. The van der Waals surface area contributed by atoms with E-state index in [1.807, 2.05) is 6.92 Å². The second-order valence-electron chi connectivity index (χ2n) is 10.7. The van der Waals surface area contributed by atoms with Gasteiger partial charge in [-0.05, 0) is 38.5 Å². The molecule has 4 heteroatoms. The van der Waals surface area contributed by atoms with Gasteiger partial charge in [0, 0.05) is 0 Å². The van der Waals surface area contributed by atoms with E-state index in [-0.39, 0.29) is 12.4 Å². The maximum absolute atomic E-state index is 11.7. The standard InChI is InChI=1S/C32H60O4/c1-3-5-6-7-8-9-10-11-12-13-14-15-16-17-18-19-20-21-22-23-24-25-26-27-30(32(34)35)29-31(33)36-28-4-2/h15-16,30H,3-14,17-29H2,1-2H3,(H,34,35)/b16-15+. The van der Waals surface area contributed by atoms with Crippen molar-refractivity contribution < 1.29 is 19.4 Å². The Morgan fingerprint density at radius 2 is 1.03 bits per heavy atom. The highest BCUT2D eigenvalue weighted by Gasteiger charge is 2.21. The van der Waals surface area contributed by atoms with Crippen LogP contribution in [0.5, 0.6) is 0 Å². The number of esters is 1. The van der Waals surface area contributed by atoms with Crippen LogP contribution in [0.4, 0.5) is 0 Å². The van der Waals surface area contributed by atoms with Crippen molar-refractivity contribution in [2.75, 3.05) is 6.61 Å². The number of allylic oxidation sites excluding steroid dienone is 2. The summed E-state index contributed by atoms with van der Waals surface area (Å²) in [6.45, 7) is 4.59. The van der Waals surface area contributed by atoms with Crippen molar-refractivity contribution in [1.82, 2.24) is 0 Å². The van der Waals surface area contributed by atoms with Crippen molar-refractivity contribution in [2.45, 2.75) is 168 Å². The number of hydrogen-bond acceptors (Lipinski definition) is 3. The van der Waals surface area contributed by atoms with Crippen LogP contribution in [-0.4, -0.2) is 23.7 Å². The molecule has 0 aliphatic carbocycles. The van der Waals surface area contributed by atoms with Gasteiger partial charge in [-0.3, -0.25) is 9.59 Å². The first-order valence-electron chi connectivity index (χ1n) is 15.6. The van der Waals surface area contributed by atoms with E-state index in [0.717, 1.165) is 25.7 Å². The average molecular weight is 509 g/mol. The van der Waals surface area contributed by atoms with E-state index in [4.69, 9.17) is 4.74 Å². The molecule has 4 nitrogen and oxygen atoms in total. The lowest BCUT2D eigenvalue weighted by atomic mass is 9.97. The maximum atomic E-state index is 11.7. The minimum atomic E-state index is -0.878. The summed E-state index contributed by atoms with van der Waals surface area (Å²) in [5.41, 5.74) is 0. The van der Waals surface area contributed by atoms with Gasteiger partial charge in [0.2, 0.25) is 0 Å². The second kappa shape index (κ2) is 28.3. The summed E-state index contributed by atoms with van der Waals surface area (Å²) in [7, 11) is 0. The molecule has 0 aromatic heterocycles. The average Bonchev–Trinajstić information content (AvgIpc) is 2.87. The third-order valence-corrected chi connectivity index (χ3v) is 7.04. The number of hydrogen-bond donors (Lipinski definition) is 1. The number of aliphatic carboxylic acids is 1. The molecule has 0 radical (unpaired) electrons. The van der Waals surface area contributed by atoms with Crippen LogP contribution in [0.1, 0.15) is 168 Å². The number of rotatable bonds is 28. The van der Waals surface area contributed by atoms with Crippen molar-refractivity contribution in [3.05, 3.63) is 12.2 Å². The maximum Gasteiger partial charge on any atom is 0.307 e. The van der Waals surface area contributed by atoms with Crippen molar-refractivity contribution in [1.29, 1.82) is 0 Å². The van der Waals surface area contributed by atoms with Crippen LogP contribution in [0, 0.1) is 5.92 Å². The molecule has 0 aromatic rings. The summed E-state index contributed by atoms with van der Waals surface area (Å²) in [6.07, 6.45) is 33.6. The lowest BCUT2D eigenvalue weighted by molar-refractivity contribution is -0.151. The summed E-state index contributed by atoms with van der Waals surface area (Å²) in [6, 6.07) is 0. The van der Waals surface area contributed by atoms with Gasteiger partial charge in [-0.1, -0.05) is 135 Å². The number of carbonyl (C=O) groups is 2. The lowest BCUT2D eigenvalue weighted by Gasteiger charge is -2.11. The van der Waals surface area contributed by atoms with Crippen molar-refractivity contribution >= 4 is 11.9 Å². The second-order valence-corrected chi connectivity index (χ2v) is 10.7. The molecule has 212 valence electrons. The quantitative estimate of drug-likeness (QED) is 0.0648. The SMILES string of the molecule is CCCCCCCCCCCC/C=C/CCCCCCCCCCCC(CC(=O)OCCC)C(=O)O. The molecular weight excluding hydrogens is 448 g/mol. The molecule has 1 N–H and O–H groups in total. The highest BCUT2D eigenvalue weighted by Crippen LogP contribution is 2.17. The zero-order valence-electron chi connectivity index (χ0n) is 24.1. The Kier molecular flexibility index (Phi) is 27.2. The van der Waals surface area contributed by atoms with E-state index in [2.05, 4.69) is 19.1 Å². The molecule has 36 heavy (non-hydrogen) atoms. The largest absolute Gasteiger partial charge is 0.481 e. The summed E-state index contributed by atoms with van der Waals surface area (Å²) in [4.78, 5) is 23.0. The van der Waals surface area contributed by atoms with Gasteiger partial charge in [-0.25, -0.2) is 0 Å². The highest BCUT2D eigenvalue weighted by atomic mass is 16.5. The fraction of sp³-hybridized carbons (Fsp3) is 0.875. The van der Waals surface area contributed by atoms with Gasteiger partial charge in [0.1, 0.15) is 0 Å². The number of carbonyl (C=O) groups excluding carboxylic acids is 1. The molecule has 0 spiro atoms. The molecule has 0 heterocycles. The van der Waals surface area contributed by atoms with Gasteiger partial charge in [-0.15, -0.1) is 0 Å². The van der Waals surface area contributed by atoms with Crippen LogP contribution >= 0.6 is 0 Å². The van der Waals surface area contributed by atoms with Crippen molar-refractivity contribution in [3.8, 4) is 0 Å². The van der Waals surface area contributed by atoms with E-state index >= 15 is 0 Å². The van der Waals surface area contributed by atoms with Crippen LogP contribution in [-0.2, 0) is 14.3 Å². The Balaban J connectivity index is 3.37. The van der Waals surface area contributed by atoms with Crippen LogP contribution in [0.3, 0.4) is 0 Å². The zero-order chi connectivity index (χ0) is 26.5. The Labute approximate surface area is 224 Å². The number of ether oxygens (including phenoxy) is 1. The van der Waals surface area contributed by atoms with Gasteiger partial charge < -0.3 is 9.84 Å². The Morgan fingerprint density at radius 1 is 0.611 bits per heavy atom. The van der Waals surface area contributed by atoms with Crippen molar-refractivity contribution in [3.63, 3.8) is 0 Å². The molecule has 0 rings (SSSR count). The Hall–Kier alpha value is -1.32. The van der Waals surface area contributed by atoms with Crippen LogP contribution in [0.2, 0.25) is 0 Å². The van der Waals surface area contributed by atoms with Crippen LogP contribution in [0.25, 0.3) is 0 Å². The molecule has 0 aliphatic heterocycles. The third-order valence-electron chi connectivity index (χ3n) is 7.04. The predicted molar refractivity (Wildman–Crippen MR) is 153 cm³/mol. The number of carboxylic acid groups (broad SMARTS) is 1. The molecule has 0 saturated heterocycles. The van der Waals surface area contributed by atoms with Crippen LogP contribution in [0.15, 0.2) is 12.2 Å². The van der Waals surface area contributed by atoms with Gasteiger partial charge in [0.15, 0.2) is 0 Å². The summed E-state index contributed by atoms with van der Waals surface area (Å²) < 4.78 is 5.02. The van der Waals surface area contributed by atoms with Gasteiger partial charge >= 0.3 is 11.9 Å². The first-order valence-corrected chi connectivity index (χ1v) is 15.6. The van der Waals surface area contributed by atoms with E-state index in [1.54, 1.807) is 0 Å². The third kappa shape index (κ3) is 25.8. The number of unbranched alkanes of at least 4 members (excludes halogenated alkanes) is 19. The Morgan fingerprint density at radius 3 is 1.44 bits per heavy atom. The smallest absolute Gasteiger partial charge is 0.307 e. The van der Waals surface area contributed by atoms with E-state index in [0.29, 0.717) is 13.0 Å². The monoisotopic (exact) mass is 508 g/mol. The molecule has 1 unspecified atom stereocenters. The first-order chi connectivity index (χ1) is 17.6. The van der Waals surface area contributed by atoms with Gasteiger partial charge in [-0.2, -0.15) is 0 Å². The molecule has 1 atom stereocenters. The molecule has 0 fully saturated rings. The molecule has 0 saturated carbocycles. The Bertz CT molecular complexity index is 514. The minimum Gasteiger partial charge on any atom is -0.481 e. The van der Waals surface area contributed by atoms with Crippen LogP contribution < -0.4 is 0 Å². The zero-order valence-corrected chi connectivity index (χ0v) is 24.1. The van der Waals surface area contributed by atoms with E-state index in [9.17, 15) is 14.7 Å². The topological polar surface area (TPSA) is 63.6 Å². The fourth-order valence-corrected chi connectivity index (χ4v) is 4.66. The molecule has 0 aromatic carbocycles. The van der Waals surface area contributed by atoms with E-state index < -0.39 is 11.9 Å². The van der Waals surface area contributed by atoms with Gasteiger partial charge in [0.05, 0.1) is 18.9 Å². The van der Waals surface area contributed by atoms with E-state index in [1.165, 1.54) is 116 Å². The lowest BCUT2D eigenvalue weighted by Crippen LogP contribution is -2.19. The normalized spacial score (nSPS) is 12.3. The molecule has 0 bridgehead atoms. The number of carboxylic acids is 1.